The lowest BCUT2D eigenvalue weighted by molar-refractivity contribution is -0.123. The van der Waals surface area contributed by atoms with Gasteiger partial charge in [-0.1, -0.05) is 24.4 Å². The van der Waals surface area contributed by atoms with E-state index in [9.17, 15) is 4.79 Å². The van der Waals surface area contributed by atoms with Crippen LogP contribution in [0.15, 0.2) is 18.2 Å². The number of benzene rings is 1. The van der Waals surface area contributed by atoms with Crippen LogP contribution in [0.3, 0.4) is 0 Å². The quantitative estimate of drug-likeness (QED) is 0.792. The maximum absolute atomic E-state index is 12.8. The molecule has 7 heteroatoms. The van der Waals surface area contributed by atoms with Gasteiger partial charge in [0.05, 0.1) is 19.8 Å². The number of hydrogen-bond acceptors (Lipinski definition) is 5. The molecule has 0 spiro atoms. The van der Waals surface area contributed by atoms with E-state index in [4.69, 9.17) is 21.1 Å². The summed E-state index contributed by atoms with van der Waals surface area (Å²) >= 11 is 6.16. The van der Waals surface area contributed by atoms with Crippen molar-refractivity contribution < 1.29 is 14.3 Å². The van der Waals surface area contributed by atoms with Crippen molar-refractivity contribution in [3.63, 3.8) is 0 Å². The summed E-state index contributed by atoms with van der Waals surface area (Å²) in [5, 5.41) is 3.95. The van der Waals surface area contributed by atoms with Crippen molar-refractivity contribution in [1.29, 1.82) is 0 Å². The van der Waals surface area contributed by atoms with Gasteiger partial charge >= 0.3 is 0 Å². The first kappa shape index (κ1) is 20.9. The zero-order valence-corrected chi connectivity index (χ0v) is 18.0. The monoisotopic (exact) mass is 421 g/mol. The second-order valence-electron chi connectivity index (χ2n) is 8.66. The first-order valence-corrected chi connectivity index (χ1v) is 11.2. The molecule has 29 heavy (non-hydrogen) atoms. The minimum absolute atomic E-state index is 0.0275. The van der Waals surface area contributed by atoms with E-state index in [1.165, 1.54) is 12.8 Å². The number of nitrogens with zero attached hydrogens (tertiary/aromatic N) is 2. The molecule has 0 radical (unpaired) electrons. The minimum atomic E-state index is 0.0275. The summed E-state index contributed by atoms with van der Waals surface area (Å²) in [4.78, 5) is 17.5. The Morgan fingerprint density at radius 3 is 2.79 bits per heavy atom. The van der Waals surface area contributed by atoms with E-state index >= 15 is 0 Å². The predicted octanol–water partition coefficient (Wildman–Crippen LogP) is 2.68. The van der Waals surface area contributed by atoms with Crippen LogP contribution in [-0.2, 0) is 16.1 Å². The van der Waals surface area contributed by atoms with Crippen LogP contribution in [0, 0.1) is 0 Å². The van der Waals surface area contributed by atoms with E-state index < -0.39 is 0 Å². The second kappa shape index (κ2) is 9.21. The number of nitrogens with one attached hydrogen (secondary N) is 1. The van der Waals surface area contributed by atoms with Crippen LogP contribution < -0.4 is 10.1 Å². The maximum Gasteiger partial charge on any atom is 0.234 e. The molecule has 2 aliphatic heterocycles. The summed E-state index contributed by atoms with van der Waals surface area (Å²) in [6, 6.07) is 5.71. The third kappa shape index (κ3) is 5.05. The molecule has 1 amide bonds. The zero-order valence-electron chi connectivity index (χ0n) is 17.3. The average Bonchev–Trinajstić information content (AvgIpc) is 3.13. The minimum Gasteiger partial charge on any atom is -0.489 e. The largest absolute Gasteiger partial charge is 0.489 e. The molecule has 6 nitrogen and oxygen atoms in total. The van der Waals surface area contributed by atoms with E-state index in [1.807, 2.05) is 25.1 Å². The van der Waals surface area contributed by atoms with Gasteiger partial charge in [-0.05, 0) is 38.0 Å². The highest BCUT2D eigenvalue weighted by molar-refractivity contribution is 6.30. The Morgan fingerprint density at radius 2 is 2.03 bits per heavy atom. The number of fused-ring (bicyclic) bond motifs is 1. The topological polar surface area (TPSA) is 54.0 Å². The molecular formula is C22H32ClN3O3. The van der Waals surface area contributed by atoms with Crippen molar-refractivity contribution in [3.8, 4) is 5.75 Å². The van der Waals surface area contributed by atoms with E-state index in [-0.39, 0.29) is 17.6 Å². The van der Waals surface area contributed by atoms with Crippen LogP contribution in [0.1, 0.15) is 38.2 Å². The number of carbonyl (C=O) groups excluding carboxylic acids is 1. The van der Waals surface area contributed by atoms with Gasteiger partial charge in [0.2, 0.25) is 5.91 Å². The molecule has 0 unspecified atom stereocenters. The van der Waals surface area contributed by atoms with Gasteiger partial charge in [-0.15, -0.1) is 0 Å². The van der Waals surface area contributed by atoms with Gasteiger partial charge in [0, 0.05) is 48.8 Å². The molecule has 1 N–H and O–H groups in total. The Labute approximate surface area is 178 Å². The highest BCUT2D eigenvalue weighted by Crippen LogP contribution is 2.35. The number of rotatable bonds is 5. The van der Waals surface area contributed by atoms with E-state index in [2.05, 4.69) is 15.1 Å². The van der Waals surface area contributed by atoms with Crippen LogP contribution >= 0.6 is 11.6 Å². The second-order valence-corrected chi connectivity index (χ2v) is 9.09. The van der Waals surface area contributed by atoms with Crippen molar-refractivity contribution in [2.24, 2.45) is 0 Å². The zero-order chi connectivity index (χ0) is 20.3. The van der Waals surface area contributed by atoms with Gasteiger partial charge < -0.3 is 14.8 Å². The highest BCUT2D eigenvalue weighted by Gasteiger charge is 2.40. The van der Waals surface area contributed by atoms with Crippen LogP contribution in [-0.4, -0.2) is 73.3 Å². The lowest BCUT2D eigenvalue weighted by Gasteiger charge is -2.43. The Kier molecular flexibility index (Phi) is 6.64. The predicted molar refractivity (Wildman–Crippen MR) is 113 cm³/mol. The number of morpholine rings is 1. The molecule has 1 aromatic rings. The number of halogens is 1. The third-order valence-electron chi connectivity index (χ3n) is 6.46. The molecular weight excluding hydrogens is 390 g/mol. The van der Waals surface area contributed by atoms with Crippen molar-refractivity contribution in [3.05, 3.63) is 28.8 Å². The summed E-state index contributed by atoms with van der Waals surface area (Å²) in [7, 11) is 0. The first-order valence-electron chi connectivity index (χ1n) is 10.8. The van der Waals surface area contributed by atoms with Gasteiger partial charge in [0.1, 0.15) is 11.9 Å². The third-order valence-corrected chi connectivity index (χ3v) is 6.69. The van der Waals surface area contributed by atoms with Gasteiger partial charge in [-0.25, -0.2) is 0 Å². The summed E-state index contributed by atoms with van der Waals surface area (Å²) in [5.41, 5.74) is 1.14. The van der Waals surface area contributed by atoms with Gasteiger partial charge in [0.15, 0.2) is 0 Å². The van der Waals surface area contributed by atoms with Gasteiger partial charge in [0.25, 0.3) is 0 Å². The molecule has 1 saturated heterocycles. The van der Waals surface area contributed by atoms with E-state index in [0.29, 0.717) is 24.7 Å². The molecule has 1 aliphatic carbocycles. The standard InChI is InChI=1S/C22H32ClN3O3/c1-17-13-25(14-18-12-19(23)4-5-20(18)29-17)15-21(27)24-16-22(6-2-3-7-22)26-8-10-28-11-9-26/h4-5,12,17H,2-3,6-11,13-16H2,1H3,(H,24,27)/t17-/m0/s1. The Balaban J connectivity index is 1.36. The number of amides is 1. The van der Waals surface area contributed by atoms with Crippen molar-refractivity contribution >= 4 is 17.5 Å². The summed E-state index contributed by atoms with van der Waals surface area (Å²) in [5.74, 6) is 0.948. The average molecular weight is 422 g/mol. The fourth-order valence-electron chi connectivity index (χ4n) is 5.03. The fourth-order valence-corrected chi connectivity index (χ4v) is 5.22. The van der Waals surface area contributed by atoms with Gasteiger partial charge in [-0.3, -0.25) is 14.6 Å². The van der Waals surface area contributed by atoms with Crippen LogP contribution in [0.4, 0.5) is 0 Å². The molecule has 1 atom stereocenters. The molecule has 3 aliphatic rings. The summed E-state index contributed by atoms with van der Waals surface area (Å²) in [6.45, 7) is 8.06. The van der Waals surface area contributed by atoms with Crippen LogP contribution in [0.2, 0.25) is 5.02 Å². The van der Waals surface area contributed by atoms with Crippen molar-refractivity contribution in [2.45, 2.75) is 50.8 Å². The Morgan fingerprint density at radius 1 is 1.28 bits per heavy atom. The fraction of sp³-hybridized carbons (Fsp3) is 0.682. The Hall–Kier alpha value is -1.34. The summed E-state index contributed by atoms with van der Waals surface area (Å²) in [6.07, 6.45) is 4.83. The number of carbonyl (C=O) groups is 1. The lowest BCUT2D eigenvalue weighted by Crippen LogP contribution is -2.58. The van der Waals surface area contributed by atoms with E-state index in [0.717, 1.165) is 57.0 Å². The molecule has 0 aromatic heterocycles. The lowest BCUT2D eigenvalue weighted by atomic mass is 9.94. The van der Waals surface area contributed by atoms with Crippen LogP contribution in [0.5, 0.6) is 5.75 Å². The molecule has 1 aromatic carbocycles. The molecule has 160 valence electrons. The molecule has 4 rings (SSSR count). The van der Waals surface area contributed by atoms with E-state index in [1.54, 1.807) is 0 Å². The molecule has 1 saturated carbocycles. The van der Waals surface area contributed by atoms with Gasteiger partial charge in [-0.2, -0.15) is 0 Å². The number of hydrogen-bond donors (Lipinski definition) is 1. The molecule has 2 heterocycles. The SMILES string of the molecule is C[C@H]1CN(CC(=O)NCC2(N3CCOCC3)CCCC2)Cc2cc(Cl)ccc2O1. The van der Waals surface area contributed by atoms with Crippen molar-refractivity contribution in [1.82, 2.24) is 15.1 Å². The highest BCUT2D eigenvalue weighted by atomic mass is 35.5. The smallest absolute Gasteiger partial charge is 0.234 e. The molecule has 0 bridgehead atoms. The maximum atomic E-state index is 12.8. The number of ether oxygens (including phenoxy) is 2. The Bertz CT molecular complexity index is 717. The normalized spacial score (nSPS) is 25.1. The van der Waals surface area contributed by atoms with Crippen LogP contribution in [0.25, 0.3) is 0 Å². The first-order chi connectivity index (χ1) is 14.0. The molecule has 2 fully saturated rings. The van der Waals surface area contributed by atoms with Crippen molar-refractivity contribution in [2.75, 3.05) is 45.9 Å². The summed E-state index contributed by atoms with van der Waals surface area (Å²) < 4.78 is 11.5.